The SMILES string of the molecule is O=C(O)CNC(=O)C[C@H]1CCCC[C@H]1NC(=O)OCC1c2ccccc2-c2ccccc21. The van der Waals surface area contributed by atoms with Crippen LogP contribution in [-0.2, 0) is 14.3 Å². The van der Waals surface area contributed by atoms with Crippen LogP contribution in [0.1, 0.15) is 49.1 Å². The Kier molecular flexibility index (Phi) is 6.73. The molecule has 1 saturated carbocycles. The second-order valence-corrected chi connectivity index (χ2v) is 8.50. The maximum absolute atomic E-state index is 12.6. The van der Waals surface area contributed by atoms with Crippen LogP contribution < -0.4 is 10.6 Å². The fraction of sp³-hybridized carbons (Fsp3) is 0.400. The van der Waals surface area contributed by atoms with Gasteiger partial charge in [-0.2, -0.15) is 0 Å². The quantitative estimate of drug-likeness (QED) is 0.614. The third-order valence-corrected chi connectivity index (χ3v) is 6.44. The minimum atomic E-state index is -1.07. The van der Waals surface area contributed by atoms with Crippen LogP contribution in [0.25, 0.3) is 11.1 Å². The highest BCUT2D eigenvalue weighted by Gasteiger charge is 2.31. The van der Waals surface area contributed by atoms with Crippen LogP contribution in [-0.4, -0.2) is 42.3 Å². The lowest BCUT2D eigenvalue weighted by molar-refractivity contribution is -0.138. The molecule has 7 nitrogen and oxygen atoms in total. The standard InChI is InChI=1S/C25H28N2O5/c28-23(26-14-24(29)30)13-16-7-1-6-12-22(16)27-25(31)32-15-21-19-10-4-2-8-17(19)18-9-3-5-11-20(18)21/h2-5,8-11,16,21-22H,1,6-7,12-15H2,(H,26,28)(H,27,31)(H,29,30)/t16-,22-/m1/s1. The number of benzene rings is 2. The van der Waals surface area contributed by atoms with Crippen molar-refractivity contribution in [2.45, 2.75) is 44.1 Å². The van der Waals surface area contributed by atoms with Gasteiger partial charge in [-0.05, 0) is 41.0 Å². The van der Waals surface area contributed by atoms with Crippen LogP contribution in [0.3, 0.4) is 0 Å². The van der Waals surface area contributed by atoms with E-state index in [-0.39, 0.29) is 36.8 Å². The Morgan fingerprint density at radius 1 is 0.938 bits per heavy atom. The third kappa shape index (κ3) is 4.93. The van der Waals surface area contributed by atoms with Crippen LogP contribution >= 0.6 is 0 Å². The molecule has 2 aromatic rings. The number of amides is 2. The number of carboxylic acids is 1. The maximum Gasteiger partial charge on any atom is 0.407 e. The van der Waals surface area contributed by atoms with E-state index in [1.54, 1.807) is 0 Å². The molecule has 2 amide bonds. The molecule has 0 spiro atoms. The Balaban J connectivity index is 1.35. The number of nitrogens with one attached hydrogen (secondary N) is 2. The van der Waals surface area contributed by atoms with E-state index in [0.717, 1.165) is 36.8 Å². The lowest BCUT2D eigenvalue weighted by Gasteiger charge is -2.31. The molecule has 3 N–H and O–H groups in total. The average molecular weight is 437 g/mol. The Hall–Kier alpha value is -3.35. The molecular formula is C25H28N2O5. The van der Waals surface area contributed by atoms with E-state index in [1.807, 2.05) is 24.3 Å². The summed E-state index contributed by atoms with van der Waals surface area (Å²) in [6.45, 7) is -0.146. The molecule has 1 fully saturated rings. The Labute approximate surface area is 187 Å². The highest BCUT2D eigenvalue weighted by Crippen LogP contribution is 2.44. The molecule has 0 aliphatic heterocycles. The van der Waals surface area contributed by atoms with Gasteiger partial charge in [0.1, 0.15) is 13.2 Å². The molecule has 0 bridgehead atoms. The minimum absolute atomic E-state index is 0.00269. The Bertz CT molecular complexity index is 960. The van der Waals surface area contributed by atoms with Crippen LogP contribution in [0.2, 0.25) is 0 Å². The number of carbonyl (C=O) groups is 3. The molecule has 0 unspecified atom stereocenters. The molecule has 2 aromatic carbocycles. The normalized spacial score (nSPS) is 19.5. The first-order valence-corrected chi connectivity index (χ1v) is 11.1. The fourth-order valence-corrected chi connectivity index (χ4v) is 4.92. The van der Waals surface area contributed by atoms with E-state index in [2.05, 4.69) is 34.9 Å². The summed E-state index contributed by atoms with van der Waals surface area (Å²) in [7, 11) is 0. The van der Waals surface area contributed by atoms with Crippen molar-refractivity contribution in [2.24, 2.45) is 5.92 Å². The number of carboxylic acid groups (broad SMARTS) is 1. The minimum Gasteiger partial charge on any atom is -0.480 e. The topological polar surface area (TPSA) is 105 Å². The summed E-state index contributed by atoms with van der Waals surface area (Å²) in [5.41, 5.74) is 4.67. The molecule has 32 heavy (non-hydrogen) atoms. The first kappa shape index (κ1) is 21.9. The van der Waals surface area contributed by atoms with Gasteiger partial charge < -0.3 is 20.5 Å². The molecule has 7 heteroatoms. The molecule has 0 aromatic heterocycles. The maximum atomic E-state index is 12.6. The molecular weight excluding hydrogens is 408 g/mol. The number of fused-ring (bicyclic) bond motifs is 3. The first-order chi connectivity index (χ1) is 15.5. The molecule has 0 heterocycles. The van der Waals surface area contributed by atoms with Gasteiger partial charge in [-0.25, -0.2) is 4.79 Å². The van der Waals surface area contributed by atoms with Crippen LogP contribution in [0.15, 0.2) is 48.5 Å². The van der Waals surface area contributed by atoms with Crippen molar-refractivity contribution in [3.63, 3.8) is 0 Å². The third-order valence-electron chi connectivity index (χ3n) is 6.44. The van der Waals surface area contributed by atoms with E-state index in [1.165, 1.54) is 11.1 Å². The van der Waals surface area contributed by atoms with E-state index in [0.29, 0.717) is 0 Å². The Morgan fingerprint density at radius 3 is 2.22 bits per heavy atom. The van der Waals surface area contributed by atoms with Crippen LogP contribution in [0.4, 0.5) is 4.79 Å². The second kappa shape index (κ2) is 9.85. The predicted molar refractivity (Wildman–Crippen MR) is 119 cm³/mol. The molecule has 2 aliphatic rings. The average Bonchev–Trinajstić information content (AvgIpc) is 3.11. The van der Waals surface area contributed by atoms with Gasteiger partial charge in [0.15, 0.2) is 0 Å². The molecule has 2 aliphatic carbocycles. The number of hydrogen-bond donors (Lipinski definition) is 3. The summed E-state index contributed by atoms with van der Waals surface area (Å²) >= 11 is 0. The van der Waals surface area contributed by atoms with Crippen LogP contribution in [0, 0.1) is 5.92 Å². The van der Waals surface area contributed by atoms with Crippen molar-refractivity contribution in [1.29, 1.82) is 0 Å². The van der Waals surface area contributed by atoms with Crippen molar-refractivity contribution in [2.75, 3.05) is 13.2 Å². The summed E-state index contributed by atoms with van der Waals surface area (Å²) in [4.78, 5) is 35.3. The van der Waals surface area contributed by atoms with Gasteiger partial charge in [0, 0.05) is 18.4 Å². The smallest absolute Gasteiger partial charge is 0.407 e. The lowest BCUT2D eigenvalue weighted by atomic mass is 9.82. The Morgan fingerprint density at radius 2 is 1.56 bits per heavy atom. The number of rotatable bonds is 7. The van der Waals surface area contributed by atoms with Gasteiger partial charge >= 0.3 is 12.1 Å². The monoisotopic (exact) mass is 436 g/mol. The fourth-order valence-electron chi connectivity index (χ4n) is 4.92. The van der Waals surface area contributed by atoms with Gasteiger partial charge in [-0.15, -0.1) is 0 Å². The summed E-state index contributed by atoms with van der Waals surface area (Å²) < 4.78 is 5.65. The molecule has 0 radical (unpaired) electrons. The van der Waals surface area contributed by atoms with Gasteiger partial charge in [-0.1, -0.05) is 61.4 Å². The van der Waals surface area contributed by atoms with Crippen molar-refractivity contribution < 1.29 is 24.2 Å². The van der Waals surface area contributed by atoms with Gasteiger partial charge in [0.2, 0.25) is 5.91 Å². The van der Waals surface area contributed by atoms with E-state index in [9.17, 15) is 14.4 Å². The van der Waals surface area contributed by atoms with Crippen molar-refractivity contribution in [3.8, 4) is 11.1 Å². The van der Waals surface area contributed by atoms with Gasteiger partial charge in [0.05, 0.1) is 0 Å². The highest BCUT2D eigenvalue weighted by molar-refractivity contribution is 5.81. The summed E-state index contributed by atoms with van der Waals surface area (Å²) in [5, 5.41) is 14.1. The first-order valence-electron chi connectivity index (χ1n) is 11.1. The van der Waals surface area contributed by atoms with E-state index in [4.69, 9.17) is 9.84 Å². The van der Waals surface area contributed by atoms with E-state index < -0.39 is 18.6 Å². The van der Waals surface area contributed by atoms with Crippen molar-refractivity contribution in [1.82, 2.24) is 10.6 Å². The summed E-state index contributed by atoms with van der Waals surface area (Å²) in [6.07, 6.45) is 3.27. The predicted octanol–water partition coefficient (Wildman–Crippen LogP) is 3.67. The number of carbonyl (C=O) groups excluding carboxylic acids is 2. The zero-order chi connectivity index (χ0) is 22.5. The van der Waals surface area contributed by atoms with Crippen molar-refractivity contribution >= 4 is 18.0 Å². The number of hydrogen-bond acceptors (Lipinski definition) is 4. The molecule has 2 atom stereocenters. The highest BCUT2D eigenvalue weighted by atomic mass is 16.5. The summed E-state index contributed by atoms with van der Waals surface area (Å²) in [5.74, 6) is -1.41. The zero-order valence-corrected chi connectivity index (χ0v) is 17.9. The second-order valence-electron chi connectivity index (χ2n) is 8.50. The van der Waals surface area contributed by atoms with Gasteiger partial charge in [-0.3, -0.25) is 9.59 Å². The van der Waals surface area contributed by atoms with Crippen molar-refractivity contribution in [3.05, 3.63) is 59.7 Å². The lowest BCUT2D eigenvalue weighted by Crippen LogP contribution is -2.44. The number of ether oxygens (including phenoxy) is 1. The molecule has 0 saturated heterocycles. The zero-order valence-electron chi connectivity index (χ0n) is 17.9. The number of aliphatic carboxylic acids is 1. The molecule has 168 valence electrons. The molecule has 4 rings (SSSR count). The number of alkyl carbamates (subject to hydrolysis) is 1. The van der Waals surface area contributed by atoms with Gasteiger partial charge in [0.25, 0.3) is 0 Å². The van der Waals surface area contributed by atoms with E-state index >= 15 is 0 Å². The van der Waals surface area contributed by atoms with Crippen LogP contribution in [0.5, 0.6) is 0 Å². The largest absolute Gasteiger partial charge is 0.480 e. The summed E-state index contributed by atoms with van der Waals surface area (Å²) in [6, 6.07) is 16.2.